The lowest BCUT2D eigenvalue weighted by atomic mass is 9.49. The van der Waals surface area contributed by atoms with Gasteiger partial charge in [-0.15, -0.1) is 0 Å². The van der Waals surface area contributed by atoms with Gasteiger partial charge in [0.2, 0.25) is 11.8 Å². The largest absolute Gasteiger partial charge is 0.508 e. The Hall–Kier alpha value is -5.45. The zero-order valence-corrected chi connectivity index (χ0v) is 26.0. The Bertz CT molecular complexity index is 1860. The molecule has 7 rings (SSSR count). The molecule has 0 radical (unpaired) electrons. The molecule has 2 heterocycles. The average molecular weight is 636 g/mol. The second-order valence-corrected chi connectivity index (χ2v) is 12.5. The van der Waals surface area contributed by atoms with E-state index in [1.807, 2.05) is 31.2 Å². The lowest BCUT2D eigenvalue weighted by Crippen LogP contribution is -2.53. The van der Waals surface area contributed by atoms with E-state index in [0.29, 0.717) is 33.0 Å². The van der Waals surface area contributed by atoms with Crippen molar-refractivity contribution in [2.45, 2.75) is 31.1 Å². The summed E-state index contributed by atoms with van der Waals surface area (Å²) in [6.45, 7) is 1.93. The molecule has 3 fully saturated rings. The number of nitrogens with zero attached hydrogens (tertiary/aromatic N) is 2. The Morgan fingerprint density at radius 1 is 0.915 bits per heavy atom. The number of aryl methyl sites for hydroxylation is 1. The van der Waals surface area contributed by atoms with Gasteiger partial charge in [-0.25, -0.2) is 4.79 Å². The van der Waals surface area contributed by atoms with Crippen LogP contribution in [0.15, 0.2) is 84.4 Å². The van der Waals surface area contributed by atoms with Crippen LogP contribution in [-0.2, 0) is 29.3 Å². The number of phenolic OH excluding ortho intramolecular Hbond substituents is 1. The van der Waals surface area contributed by atoms with E-state index in [-0.39, 0.29) is 18.6 Å². The van der Waals surface area contributed by atoms with E-state index in [2.05, 4.69) is 5.43 Å². The van der Waals surface area contributed by atoms with E-state index in [1.165, 1.54) is 13.2 Å². The third-order valence-electron chi connectivity index (χ3n) is 10.3. The first kappa shape index (κ1) is 30.2. The third-order valence-corrected chi connectivity index (χ3v) is 10.3. The van der Waals surface area contributed by atoms with E-state index in [4.69, 9.17) is 9.47 Å². The molecule has 5 amide bonds. The van der Waals surface area contributed by atoms with Gasteiger partial charge in [0.25, 0.3) is 11.8 Å². The number of allylic oxidation sites excluding steroid dienone is 2. The molecule has 0 spiro atoms. The van der Waals surface area contributed by atoms with E-state index >= 15 is 4.79 Å². The maximum Gasteiger partial charge on any atom is 0.423 e. The number of phenols is 1. The minimum absolute atomic E-state index is 0.0494. The summed E-state index contributed by atoms with van der Waals surface area (Å²) in [4.78, 5) is 70.1. The van der Waals surface area contributed by atoms with Crippen LogP contribution >= 0.6 is 0 Å². The molecule has 47 heavy (non-hydrogen) atoms. The number of hydrogen-bond acceptors (Lipinski definition) is 9. The second kappa shape index (κ2) is 11.1. The molecule has 1 saturated carbocycles. The van der Waals surface area contributed by atoms with Gasteiger partial charge in [-0.05, 0) is 61.6 Å². The summed E-state index contributed by atoms with van der Waals surface area (Å²) in [6.07, 6.45) is 0.955. The summed E-state index contributed by atoms with van der Waals surface area (Å²) in [5.74, 6) is -6.54. The summed E-state index contributed by atoms with van der Waals surface area (Å²) in [6, 6.07) is 21.0. The van der Waals surface area contributed by atoms with Gasteiger partial charge in [-0.1, -0.05) is 59.7 Å². The highest BCUT2D eigenvalue weighted by atomic mass is 16.5. The maximum atomic E-state index is 15.1. The number of likely N-dealkylation sites (tertiary alicyclic amines) is 1. The van der Waals surface area contributed by atoms with Gasteiger partial charge >= 0.3 is 6.09 Å². The van der Waals surface area contributed by atoms with Crippen molar-refractivity contribution in [2.24, 2.45) is 23.7 Å². The van der Waals surface area contributed by atoms with Crippen LogP contribution in [0.1, 0.15) is 35.4 Å². The van der Waals surface area contributed by atoms with Crippen LogP contribution in [0.25, 0.3) is 0 Å². The fourth-order valence-electron chi connectivity index (χ4n) is 8.25. The average Bonchev–Trinajstić information content (AvgIpc) is 3.47. The predicted molar refractivity (Wildman–Crippen MR) is 168 cm³/mol. The van der Waals surface area contributed by atoms with Gasteiger partial charge in [-0.2, -0.15) is 9.91 Å². The summed E-state index contributed by atoms with van der Waals surface area (Å²) in [7, 11) is 2.59. The fourth-order valence-corrected chi connectivity index (χ4v) is 8.25. The number of fused-ring (bicyclic) bond motifs is 4. The number of carbonyl (C=O) groups excluding carboxylic acids is 5. The lowest BCUT2D eigenvalue weighted by Gasteiger charge is -2.50. The van der Waals surface area contributed by atoms with Crippen LogP contribution in [-0.4, -0.2) is 59.0 Å². The van der Waals surface area contributed by atoms with Crippen molar-refractivity contribution in [3.63, 3.8) is 0 Å². The van der Waals surface area contributed by atoms with Crippen molar-refractivity contribution in [1.82, 2.24) is 9.91 Å². The Balaban J connectivity index is 1.47. The van der Waals surface area contributed by atoms with Crippen LogP contribution in [0.3, 0.4) is 0 Å². The minimum atomic E-state index is -1.55. The van der Waals surface area contributed by atoms with E-state index < -0.39 is 64.7 Å². The predicted octanol–water partition coefficient (Wildman–Crippen LogP) is 4.46. The smallest absolute Gasteiger partial charge is 0.423 e. The zero-order chi connectivity index (χ0) is 33.2. The van der Waals surface area contributed by atoms with E-state index in [0.717, 1.165) is 17.7 Å². The molecule has 2 N–H and O–H groups in total. The molecule has 0 unspecified atom stereocenters. The maximum absolute atomic E-state index is 15.1. The van der Waals surface area contributed by atoms with Crippen molar-refractivity contribution >= 4 is 35.4 Å². The molecular weight excluding hydrogens is 602 g/mol. The summed E-state index contributed by atoms with van der Waals surface area (Å²) in [5, 5.41) is 12.5. The number of benzene rings is 3. The molecule has 2 aliphatic heterocycles. The SMILES string of the molecule is COC(=O)N1C(=O)[C@H]2[C@H](CC=C3[C@H]2C[C@H]2C(=O)N(Nc4ccc(C)cc4)C(=O)[C@@]2(c2ccccc2)[C@H]3c2cc(OC)ccc2O)C1=O. The Morgan fingerprint density at radius 2 is 1.64 bits per heavy atom. The Kier molecular flexibility index (Phi) is 7.14. The molecule has 11 nitrogen and oxygen atoms in total. The number of nitrogens with one attached hydrogen (secondary N) is 1. The van der Waals surface area contributed by atoms with Gasteiger partial charge in [0.1, 0.15) is 11.5 Å². The van der Waals surface area contributed by atoms with Crippen molar-refractivity contribution in [2.75, 3.05) is 19.6 Å². The minimum Gasteiger partial charge on any atom is -0.508 e. The number of anilines is 1. The van der Waals surface area contributed by atoms with Gasteiger partial charge in [0, 0.05) is 11.5 Å². The van der Waals surface area contributed by atoms with Crippen LogP contribution in [0.4, 0.5) is 10.5 Å². The van der Waals surface area contributed by atoms with Crippen molar-refractivity contribution < 1.29 is 38.6 Å². The summed E-state index contributed by atoms with van der Waals surface area (Å²) < 4.78 is 10.3. The third kappa shape index (κ3) is 4.29. The van der Waals surface area contributed by atoms with Gasteiger partial charge in [-0.3, -0.25) is 24.6 Å². The number of methoxy groups -OCH3 is 2. The second-order valence-electron chi connectivity index (χ2n) is 12.5. The van der Waals surface area contributed by atoms with Crippen LogP contribution in [0.2, 0.25) is 0 Å². The molecule has 4 aliphatic rings. The molecule has 2 saturated heterocycles. The molecule has 240 valence electrons. The monoisotopic (exact) mass is 635 g/mol. The van der Waals surface area contributed by atoms with Crippen molar-refractivity contribution in [1.29, 1.82) is 0 Å². The molecule has 6 atom stereocenters. The number of hydrazine groups is 1. The topological polar surface area (TPSA) is 143 Å². The zero-order valence-electron chi connectivity index (χ0n) is 26.0. The van der Waals surface area contributed by atoms with Crippen LogP contribution in [0, 0.1) is 30.6 Å². The highest BCUT2D eigenvalue weighted by molar-refractivity contribution is 6.16. The molecule has 3 aromatic rings. The molecule has 0 aromatic heterocycles. The normalized spacial score (nSPS) is 28.0. The number of amides is 5. The van der Waals surface area contributed by atoms with Gasteiger partial charge < -0.3 is 14.6 Å². The summed E-state index contributed by atoms with van der Waals surface area (Å²) in [5.41, 5.74) is 4.56. The highest BCUT2D eigenvalue weighted by Gasteiger charge is 2.71. The molecule has 0 bridgehead atoms. The molecule has 2 aliphatic carbocycles. The Morgan fingerprint density at radius 3 is 2.32 bits per heavy atom. The first-order chi connectivity index (χ1) is 22.6. The lowest BCUT2D eigenvalue weighted by molar-refractivity contribution is -0.140. The standard InChI is InChI=1S/C36H33N3O8/c1-19-9-11-21(12-10-19)37-39-32(42)27-18-25-23(14-15-24-29(25)33(43)38(31(24)41)35(45)47-3)30(26-17-22(46-2)13-16-28(26)40)36(27,34(39)44)20-7-5-4-6-8-20/h4-14,16-17,24-25,27,29-30,37,40H,15,18H2,1-3H3/t24-,25+,27-,29-,30+,36+/m0/s1. The van der Waals surface area contributed by atoms with Crippen LogP contribution in [0.5, 0.6) is 11.5 Å². The quantitative estimate of drug-likeness (QED) is 0.307. The number of aromatic hydroxyl groups is 1. The number of imide groups is 4. The number of carbonyl (C=O) groups is 5. The molecule has 11 heteroatoms. The first-order valence-electron chi connectivity index (χ1n) is 15.4. The number of hydrogen-bond donors (Lipinski definition) is 2. The van der Waals surface area contributed by atoms with Crippen molar-refractivity contribution in [3.05, 3.63) is 101 Å². The van der Waals surface area contributed by atoms with Gasteiger partial charge in [0.15, 0.2) is 0 Å². The highest BCUT2D eigenvalue weighted by Crippen LogP contribution is 2.65. The van der Waals surface area contributed by atoms with Crippen molar-refractivity contribution in [3.8, 4) is 11.5 Å². The van der Waals surface area contributed by atoms with E-state index in [9.17, 15) is 24.3 Å². The number of ether oxygens (including phenoxy) is 2. The van der Waals surface area contributed by atoms with Crippen LogP contribution < -0.4 is 10.2 Å². The summed E-state index contributed by atoms with van der Waals surface area (Å²) >= 11 is 0. The van der Waals surface area contributed by atoms with E-state index in [1.54, 1.807) is 48.5 Å². The molecule has 3 aromatic carbocycles. The Labute approximate surface area is 270 Å². The fraction of sp³-hybridized carbons (Fsp3) is 0.306. The van der Waals surface area contributed by atoms with Gasteiger partial charge in [0.05, 0.1) is 43.1 Å². The number of rotatable bonds is 5. The molecular formula is C36H33N3O8. The first-order valence-corrected chi connectivity index (χ1v) is 15.4.